The van der Waals surface area contributed by atoms with Gasteiger partial charge in [-0.2, -0.15) is 10.5 Å². The molecule has 64 valence electrons. The molecule has 13 heavy (non-hydrogen) atoms. The number of hydrogen-bond acceptors (Lipinski definition) is 2. The van der Waals surface area contributed by atoms with E-state index in [1.54, 1.807) is 12.1 Å². The minimum atomic E-state index is 0.228. The first-order valence-electron chi connectivity index (χ1n) is 3.44. The number of hydrogen-bond donors (Lipinski definition) is 0. The Morgan fingerprint density at radius 1 is 1.23 bits per heavy atom. The zero-order valence-electron chi connectivity index (χ0n) is 6.51. The molecular weight excluding hydrogens is 207 g/mol. The zero-order chi connectivity index (χ0) is 9.84. The third kappa shape index (κ3) is 2.12. The number of benzene rings is 1. The third-order valence-electron chi connectivity index (χ3n) is 1.49. The molecule has 4 heteroatoms. The predicted octanol–water partition coefficient (Wildman–Crippen LogP) is 2.93. The van der Waals surface area contributed by atoms with Gasteiger partial charge >= 0.3 is 0 Å². The van der Waals surface area contributed by atoms with Gasteiger partial charge in [-0.15, -0.1) is 0 Å². The molecule has 0 radical (unpaired) electrons. The first-order valence-corrected chi connectivity index (χ1v) is 4.19. The second-order valence-electron chi connectivity index (χ2n) is 2.39. The maximum absolute atomic E-state index is 8.66. The highest BCUT2D eigenvalue weighted by atomic mass is 35.5. The lowest BCUT2D eigenvalue weighted by Crippen LogP contribution is -1.86. The van der Waals surface area contributed by atoms with Crippen LogP contribution in [0.4, 0.5) is 0 Å². The summed E-state index contributed by atoms with van der Waals surface area (Å²) in [5, 5.41) is 17.6. The smallest absolute Gasteiger partial charge is 0.101 e. The Morgan fingerprint density at radius 2 is 1.92 bits per heavy atom. The van der Waals surface area contributed by atoms with Crippen molar-refractivity contribution >= 4 is 23.2 Å². The van der Waals surface area contributed by atoms with Gasteiger partial charge in [-0.3, -0.25) is 0 Å². The summed E-state index contributed by atoms with van der Waals surface area (Å²) in [7, 11) is 0. The van der Waals surface area contributed by atoms with E-state index in [-0.39, 0.29) is 11.4 Å². The van der Waals surface area contributed by atoms with Crippen molar-refractivity contribution in [3.8, 4) is 12.1 Å². The normalized spacial score (nSPS) is 8.92. The highest BCUT2D eigenvalue weighted by molar-refractivity contribution is 6.42. The summed E-state index contributed by atoms with van der Waals surface area (Å²) in [6.45, 7) is 0. The molecule has 0 aliphatic carbocycles. The van der Waals surface area contributed by atoms with Crippen LogP contribution in [0.25, 0.3) is 0 Å². The van der Waals surface area contributed by atoms with Crippen molar-refractivity contribution in [2.75, 3.05) is 0 Å². The summed E-state index contributed by atoms with van der Waals surface area (Å²) < 4.78 is 0. The van der Waals surface area contributed by atoms with Crippen molar-refractivity contribution in [2.45, 2.75) is 6.42 Å². The highest BCUT2D eigenvalue weighted by Crippen LogP contribution is 2.27. The lowest BCUT2D eigenvalue weighted by Gasteiger charge is -2.00. The molecule has 0 unspecified atom stereocenters. The minimum Gasteiger partial charge on any atom is -0.198 e. The van der Waals surface area contributed by atoms with E-state index < -0.39 is 0 Å². The summed E-state index contributed by atoms with van der Waals surface area (Å²) in [6.07, 6.45) is 0.228. The van der Waals surface area contributed by atoms with Gasteiger partial charge in [0, 0.05) is 0 Å². The largest absolute Gasteiger partial charge is 0.198 e. The fourth-order valence-electron chi connectivity index (χ4n) is 0.920. The molecule has 0 saturated carbocycles. The summed E-state index contributed by atoms with van der Waals surface area (Å²) in [4.78, 5) is 0. The molecule has 1 rings (SSSR count). The van der Waals surface area contributed by atoms with E-state index in [9.17, 15) is 0 Å². The molecule has 1 aromatic rings. The average molecular weight is 211 g/mol. The standard InChI is InChI=1S/C9H4Cl2N2/c10-8-4-6(1-2-12)3-7(5-13)9(8)11/h3-4H,1H2. The van der Waals surface area contributed by atoms with Crippen LogP contribution in [-0.4, -0.2) is 0 Å². The van der Waals surface area contributed by atoms with E-state index in [0.717, 1.165) is 0 Å². The van der Waals surface area contributed by atoms with Gasteiger partial charge < -0.3 is 0 Å². The Labute approximate surface area is 85.9 Å². The Hall–Kier alpha value is -1.22. The molecule has 0 amide bonds. The molecule has 0 spiro atoms. The fraction of sp³-hybridized carbons (Fsp3) is 0.111. The lowest BCUT2D eigenvalue weighted by atomic mass is 10.1. The van der Waals surface area contributed by atoms with Crippen LogP contribution in [0.5, 0.6) is 0 Å². The molecule has 0 atom stereocenters. The summed E-state index contributed by atoms with van der Waals surface area (Å²) in [6, 6.07) is 7.04. The van der Waals surface area contributed by atoms with Gasteiger partial charge in [0.15, 0.2) is 0 Å². The van der Waals surface area contributed by atoms with Crippen LogP contribution in [-0.2, 0) is 6.42 Å². The van der Waals surface area contributed by atoms with Gasteiger partial charge in [0.25, 0.3) is 0 Å². The van der Waals surface area contributed by atoms with Crippen LogP contribution in [0.15, 0.2) is 12.1 Å². The van der Waals surface area contributed by atoms with Gasteiger partial charge in [-0.25, -0.2) is 0 Å². The van der Waals surface area contributed by atoms with Crippen molar-refractivity contribution in [2.24, 2.45) is 0 Å². The second kappa shape index (κ2) is 4.14. The molecule has 2 nitrogen and oxygen atoms in total. The van der Waals surface area contributed by atoms with Gasteiger partial charge in [-0.1, -0.05) is 23.2 Å². The maximum Gasteiger partial charge on any atom is 0.101 e. The van der Waals surface area contributed by atoms with Crippen LogP contribution < -0.4 is 0 Å². The van der Waals surface area contributed by atoms with Crippen molar-refractivity contribution in [3.63, 3.8) is 0 Å². The molecule has 0 fully saturated rings. The Morgan fingerprint density at radius 3 is 2.46 bits per heavy atom. The summed E-state index contributed by atoms with van der Waals surface area (Å²) >= 11 is 11.5. The number of halogens is 2. The average Bonchev–Trinajstić information content (AvgIpc) is 2.11. The highest BCUT2D eigenvalue weighted by Gasteiger charge is 2.06. The molecule has 1 aromatic carbocycles. The molecular formula is C9H4Cl2N2. The Kier molecular flexibility index (Phi) is 3.14. The van der Waals surface area contributed by atoms with Crippen molar-refractivity contribution in [3.05, 3.63) is 33.3 Å². The third-order valence-corrected chi connectivity index (χ3v) is 2.29. The first-order chi connectivity index (χ1) is 6.19. The Balaban J connectivity index is 3.26. The minimum absolute atomic E-state index is 0.228. The van der Waals surface area contributed by atoms with Gasteiger partial charge in [0.2, 0.25) is 0 Å². The van der Waals surface area contributed by atoms with E-state index in [1.165, 1.54) is 0 Å². The van der Waals surface area contributed by atoms with E-state index >= 15 is 0 Å². The van der Waals surface area contributed by atoms with Gasteiger partial charge in [0.05, 0.1) is 28.1 Å². The molecule has 0 heterocycles. The van der Waals surface area contributed by atoms with E-state index in [2.05, 4.69) is 0 Å². The van der Waals surface area contributed by atoms with Crippen LogP contribution >= 0.6 is 23.2 Å². The number of rotatable bonds is 1. The SMILES string of the molecule is N#CCc1cc(Cl)c(Cl)c(C#N)c1. The molecule has 0 aliphatic rings. The second-order valence-corrected chi connectivity index (χ2v) is 3.17. The van der Waals surface area contributed by atoms with Crippen molar-refractivity contribution in [1.29, 1.82) is 10.5 Å². The van der Waals surface area contributed by atoms with Crippen molar-refractivity contribution < 1.29 is 0 Å². The lowest BCUT2D eigenvalue weighted by molar-refractivity contribution is 1.26. The van der Waals surface area contributed by atoms with Gasteiger partial charge in [0.1, 0.15) is 6.07 Å². The zero-order valence-corrected chi connectivity index (χ0v) is 8.02. The topological polar surface area (TPSA) is 47.6 Å². The van der Waals surface area contributed by atoms with Crippen LogP contribution in [0.1, 0.15) is 11.1 Å². The molecule has 0 saturated heterocycles. The summed E-state index contributed by atoms with van der Waals surface area (Å²) in [5.74, 6) is 0. The van der Waals surface area contributed by atoms with Crippen LogP contribution in [0, 0.1) is 22.7 Å². The van der Waals surface area contributed by atoms with Crippen LogP contribution in [0.2, 0.25) is 10.0 Å². The van der Waals surface area contributed by atoms with Crippen LogP contribution in [0.3, 0.4) is 0 Å². The van der Waals surface area contributed by atoms with E-state index in [4.69, 9.17) is 33.7 Å². The molecule has 0 aromatic heterocycles. The quantitative estimate of drug-likeness (QED) is 0.716. The molecule has 0 aliphatic heterocycles. The monoisotopic (exact) mass is 210 g/mol. The van der Waals surface area contributed by atoms with Gasteiger partial charge in [-0.05, 0) is 17.7 Å². The molecule has 0 N–H and O–H groups in total. The summed E-state index contributed by atoms with van der Waals surface area (Å²) in [5.41, 5.74) is 1.01. The van der Waals surface area contributed by atoms with Crippen molar-refractivity contribution in [1.82, 2.24) is 0 Å². The Bertz CT molecular complexity index is 413. The predicted molar refractivity (Wildman–Crippen MR) is 50.5 cm³/mol. The van der Waals surface area contributed by atoms with E-state index in [1.807, 2.05) is 12.1 Å². The van der Waals surface area contributed by atoms with E-state index in [0.29, 0.717) is 16.1 Å². The maximum atomic E-state index is 8.66. The number of nitrogens with zero attached hydrogens (tertiary/aromatic N) is 2. The first kappa shape index (κ1) is 9.86. The fourth-order valence-corrected chi connectivity index (χ4v) is 1.31. The molecule has 0 bridgehead atoms. The number of nitriles is 2.